The lowest BCUT2D eigenvalue weighted by Gasteiger charge is -2.09. The van der Waals surface area contributed by atoms with E-state index in [1.807, 2.05) is 0 Å². The van der Waals surface area contributed by atoms with Crippen LogP contribution >= 0.6 is 23.2 Å². The van der Waals surface area contributed by atoms with Crippen molar-refractivity contribution < 1.29 is 9.21 Å². The molecule has 104 valence electrons. The highest BCUT2D eigenvalue weighted by atomic mass is 35.5. The van der Waals surface area contributed by atoms with E-state index in [2.05, 4.69) is 5.32 Å². The van der Waals surface area contributed by atoms with Gasteiger partial charge in [0.15, 0.2) is 0 Å². The molecule has 4 nitrogen and oxygen atoms in total. The molecule has 0 aliphatic carbocycles. The number of anilines is 1. The number of aryl methyl sites for hydroxylation is 2. The van der Waals surface area contributed by atoms with Crippen molar-refractivity contribution in [3.63, 3.8) is 0 Å². The average molecular weight is 312 g/mol. The van der Waals surface area contributed by atoms with Crippen molar-refractivity contribution in [3.05, 3.63) is 61.6 Å². The quantitative estimate of drug-likeness (QED) is 0.917. The second-order valence-electron chi connectivity index (χ2n) is 4.29. The van der Waals surface area contributed by atoms with Crippen LogP contribution in [0.15, 0.2) is 33.5 Å². The average Bonchev–Trinajstić information content (AvgIpc) is 2.25. The van der Waals surface area contributed by atoms with Crippen molar-refractivity contribution in [3.8, 4) is 0 Å². The number of carbonyl (C=O) groups excluding carboxylic acids is 1. The first-order valence-corrected chi connectivity index (χ1v) is 6.51. The zero-order chi connectivity index (χ0) is 14.9. The third kappa shape index (κ3) is 3.21. The molecule has 0 spiro atoms. The predicted octanol–water partition coefficient (Wildman–Crippen LogP) is 3.82. The summed E-state index contributed by atoms with van der Waals surface area (Å²) in [5, 5.41) is 3.51. The van der Waals surface area contributed by atoms with E-state index in [9.17, 15) is 9.59 Å². The van der Waals surface area contributed by atoms with Gasteiger partial charge < -0.3 is 9.73 Å². The summed E-state index contributed by atoms with van der Waals surface area (Å²) >= 11 is 11.7. The molecule has 0 saturated carbocycles. The second kappa shape index (κ2) is 5.69. The Morgan fingerprint density at radius 3 is 2.25 bits per heavy atom. The maximum absolute atomic E-state index is 12.2. The van der Waals surface area contributed by atoms with Crippen molar-refractivity contribution in [1.82, 2.24) is 0 Å². The first-order valence-electron chi connectivity index (χ1n) is 5.75. The van der Waals surface area contributed by atoms with Crippen LogP contribution < -0.4 is 10.9 Å². The van der Waals surface area contributed by atoms with Crippen molar-refractivity contribution >= 4 is 34.8 Å². The van der Waals surface area contributed by atoms with E-state index in [0.717, 1.165) is 0 Å². The van der Waals surface area contributed by atoms with E-state index >= 15 is 0 Å². The van der Waals surface area contributed by atoms with E-state index in [4.69, 9.17) is 27.6 Å². The van der Waals surface area contributed by atoms with Gasteiger partial charge in [-0.3, -0.25) is 4.79 Å². The summed E-state index contributed by atoms with van der Waals surface area (Å²) in [6.45, 7) is 3.23. The van der Waals surface area contributed by atoms with Gasteiger partial charge in [0, 0.05) is 21.8 Å². The lowest BCUT2D eigenvalue weighted by atomic mass is 10.1. The van der Waals surface area contributed by atoms with Crippen LogP contribution in [0.2, 0.25) is 10.0 Å². The SMILES string of the molecule is Cc1cc(=O)oc(C)c1C(=O)Nc1cc(Cl)cc(Cl)c1. The Bertz CT molecular complexity index is 691. The molecule has 20 heavy (non-hydrogen) atoms. The molecule has 1 N–H and O–H groups in total. The number of halogens is 2. The molecule has 0 bridgehead atoms. The number of hydrogen-bond acceptors (Lipinski definition) is 3. The Morgan fingerprint density at radius 1 is 1.10 bits per heavy atom. The van der Waals surface area contributed by atoms with Crippen LogP contribution in [0, 0.1) is 13.8 Å². The Balaban J connectivity index is 2.35. The molecule has 0 fully saturated rings. The van der Waals surface area contributed by atoms with Gasteiger partial charge in [0.2, 0.25) is 0 Å². The normalized spacial score (nSPS) is 10.4. The lowest BCUT2D eigenvalue weighted by molar-refractivity contribution is 0.102. The molecule has 2 aromatic rings. The van der Waals surface area contributed by atoms with Crippen LogP contribution in [0.4, 0.5) is 5.69 Å². The minimum atomic E-state index is -0.484. The van der Waals surface area contributed by atoms with Gasteiger partial charge in [0.25, 0.3) is 5.91 Å². The topological polar surface area (TPSA) is 59.3 Å². The van der Waals surface area contributed by atoms with Gasteiger partial charge in [-0.2, -0.15) is 0 Å². The van der Waals surface area contributed by atoms with Crippen LogP contribution in [-0.4, -0.2) is 5.91 Å². The van der Waals surface area contributed by atoms with Gasteiger partial charge in [-0.15, -0.1) is 0 Å². The largest absolute Gasteiger partial charge is 0.427 e. The number of nitrogens with one attached hydrogen (secondary N) is 1. The summed E-state index contributed by atoms with van der Waals surface area (Å²) in [6, 6.07) is 5.99. The third-order valence-corrected chi connectivity index (χ3v) is 3.12. The summed E-state index contributed by atoms with van der Waals surface area (Å²) in [7, 11) is 0. The molecule has 1 aromatic heterocycles. The van der Waals surface area contributed by atoms with Crippen LogP contribution in [0.3, 0.4) is 0 Å². The van der Waals surface area contributed by atoms with Gasteiger partial charge in [0.05, 0.1) is 5.56 Å². The number of carbonyl (C=O) groups is 1. The monoisotopic (exact) mass is 311 g/mol. The molecule has 1 amide bonds. The molecule has 0 atom stereocenters. The third-order valence-electron chi connectivity index (χ3n) is 2.68. The van der Waals surface area contributed by atoms with Crippen LogP contribution in [-0.2, 0) is 0 Å². The molecule has 2 rings (SSSR count). The summed E-state index contributed by atoms with van der Waals surface area (Å²) < 4.78 is 4.93. The van der Waals surface area contributed by atoms with Gasteiger partial charge in [-0.25, -0.2) is 4.79 Å². The highest BCUT2D eigenvalue weighted by molar-refractivity contribution is 6.35. The molecule has 0 unspecified atom stereocenters. The molecule has 1 heterocycles. The predicted molar refractivity (Wildman–Crippen MR) is 78.9 cm³/mol. The summed E-state index contributed by atoms with van der Waals surface area (Å²) in [5.74, 6) is -0.122. The number of benzene rings is 1. The summed E-state index contributed by atoms with van der Waals surface area (Å²) in [5.41, 5.74) is 0.852. The summed E-state index contributed by atoms with van der Waals surface area (Å²) in [4.78, 5) is 23.4. The number of amides is 1. The fraction of sp³-hybridized carbons (Fsp3) is 0.143. The zero-order valence-electron chi connectivity index (χ0n) is 10.8. The van der Waals surface area contributed by atoms with E-state index in [1.165, 1.54) is 6.07 Å². The Kier molecular flexibility index (Phi) is 4.16. The molecule has 0 radical (unpaired) electrons. The fourth-order valence-corrected chi connectivity index (χ4v) is 2.44. The van der Waals surface area contributed by atoms with Gasteiger partial charge in [-0.1, -0.05) is 23.2 Å². The van der Waals surface area contributed by atoms with Gasteiger partial charge in [-0.05, 0) is 37.6 Å². The molecular formula is C14H11Cl2NO3. The Morgan fingerprint density at radius 2 is 1.70 bits per heavy atom. The lowest BCUT2D eigenvalue weighted by Crippen LogP contribution is -2.17. The highest BCUT2D eigenvalue weighted by Gasteiger charge is 2.15. The smallest absolute Gasteiger partial charge is 0.336 e. The van der Waals surface area contributed by atoms with Gasteiger partial charge >= 0.3 is 5.63 Å². The zero-order valence-corrected chi connectivity index (χ0v) is 12.3. The minimum Gasteiger partial charge on any atom is -0.427 e. The van der Waals surface area contributed by atoms with Crippen molar-refractivity contribution in [1.29, 1.82) is 0 Å². The van der Waals surface area contributed by atoms with Gasteiger partial charge in [0.1, 0.15) is 5.76 Å². The molecule has 6 heteroatoms. The minimum absolute atomic E-state index is 0.264. The molecular weight excluding hydrogens is 301 g/mol. The van der Waals surface area contributed by atoms with Crippen molar-refractivity contribution in [2.45, 2.75) is 13.8 Å². The van der Waals surface area contributed by atoms with Crippen molar-refractivity contribution in [2.75, 3.05) is 5.32 Å². The first kappa shape index (κ1) is 14.6. The maximum atomic E-state index is 12.2. The molecule has 0 aliphatic rings. The van der Waals surface area contributed by atoms with Crippen LogP contribution in [0.5, 0.6) is 0 Å². The Labute approximate surface area is 125 Å². The molecule has 1 aromatic carbocycles. The highest BCUT2D eigenvalue weighted by Crippen LogP contribution is 2.23. The van der Waals surface area contributed by atoms with E-state index in [1.54, 1.807) is 32.0 Å². The van der Waals surface area contributed by atoms with Crippen LogP contribution in [0.1, 0.15) is 21.7 Å². The molecule has 0 saturated heterocycles. The van der Waals surface area contributed by atoms with E-state index < -0.39 is 5.63 Å². The van der Waals surface area contributed by atoms with Crippen molar-refractivity contribution in [2.24, 2.45) is 0 Å². The standard InChI is InChI=1S/C14H11Cl2NO3/c1-7-3-12(18)20-8(2)13(7)14(19)17-11-5-9(15)4-10(16)6-11/h3-6H,1-2H3,(H,17,19). The number of rotatable bonds is 2. The van der Waals surface area contributed by atoms with E-state index in [0.29, 0.717) is 26.9 Å². The fourth-order valence-electron chi connectivity index (χ4n) is 1.92. The van der Waals surface area contributed by atoms with E-state index in [-0.39, 0.29) is 11.7 Å². The summed E-state index contributed by atoms with van der Waals surface area (Å²) in [6.07, 6.45) is 0. The number of hydrogen-bond donors (Lipinski definition) is 1. The van der Waals surface area contributed by atoms with Crippen LogP contribution in [0.25, 0.3) is 0 Å². The first-order chi connectivity index (χ1) is 9.36. The Hall–Kier alpha value is -1.78. The maximum Gasteiger partial charge on any atom is 0.336 e. The molecule has 0 aliphatic heterocycles. The second-order valence-corrected chi connectivity index (χ2v) is 5.16.